The van der Waals surface area contributed by atoms with Crippen LogP contribution in [0.2, 0.25) is 0 Å². The first-order valence-corrected chi connectivity index (χ1v) is 16.2. The summed E-state index contributed by atoms with van der Waals surface area (Å²) in [5, 5.41) is 4.26. The van der Waals surface area contributed by atoms with Gasteiger partial charge in [-0.1, -0.05) is 91.0 Å². The van der Waals surface area contributed by atoms with Crippen LogP contribution in [0.5, 0.6) is 0 Å². The maximum Gasteiger partial charge on any atom is 0.188 e. The maximum atomic E-state index is 7.91. The topological polar surface area (TPSA) is 22.9 Å². The van der Waals surface area contributed by atoms with Crippen molar-refractivity contribution in [1.29, 1.82) is 0 Å². The fourth-order valence-electron chi connectivity index (χ4n) is 7.38. The molecule has 50 heavy (non-hydrogen) atoms. The van der Waals surface area contributed by atoms with Gasteiger partial charge in [-0.15, -0.1) is 0 Å². The summed E-state index contributed by atoms with van der Waals surface area (Å²) in [5.41, 5.74) is 11.8. The van der Waals surface area contributed by atoms with Gasteiger partial charge in [0.2, 0.25) is 0 Å². The van der Waals surface area contributed by atoms with E-state index in [1.54, 1.807) is 0 Å². The van der Waals surface area contributed by atoms with E-state index < -0.39 is 0 Å². The van der Waals surface area contributed by atoms with Crippen molar-refractivity contribution >= 4 is 60.7 Å². The highest BCUT2D eigenvalue weighted by molar-refractivity contribution is 6.12. The number of benzene rings is 7. The van der Waals surface area contributed by atoms with Crippen LogP contribution in [-0.4, -0.2) is 9.13 Å². The molecule has 0 spiro atoms. The minimum atomic E-state index is 0.549. The highest BCUT2D eigenvalue weighted by Gasteiger charge is 2.19. The zero-order chi connectivity index (χ0) is 33.8. The van der Waals surface area contributed by atoms with Gasteiger partial charge in [0.05, 0.1) is 47.5 Å². The van der Waals surface area contributed by atoms with E-state index in [0.29, 0.717) is 17.1 Å². The van der Waals surface area contributed by atoms with E-state index in [0.717, 1.165) is 66.5 Å². The molecule has 0 aliphatic heterocycles. The van der Waals surface area contributed by atoms with Crippen molar-refractivity contribution in [3.8, 4) is 33.6 Å². The van der Waals surface area contributed by atoms with Gasteiger partial charge in [-0.3, -0.25) is 0 Å². The second-order valence-corrected chi connectivity index (χ2v) is 12.2. The van der Waals surface area contributed by atoms with E-state index >= 15 is 0 Å². The Kier molecular flexibility index (Phi) is 6.56. The first-order valence-electron chi connectivity index (χ1n) is 16.2. The van der Waals surface area contributed by atoms with E-state index in [9.17, 15) is 0 Å². The van der Waals surface area contributed by atoms with Crippen LogP contribution in [0, 0.1) is 19.7 Å². The third-order valence-electron chi connectivity index (χ3n) is 9.55. The smallest absolute Gasteiger partial charge is 0.188 e. The third-order valence-corrected chi connectivity index (χ3v) is 9.55. The molecule has 0 N–H and O–H groups in total. The van der Waals surface area contributed by atoms with Gasteiger partial charge < -0.3 is 9.13 Å². The van der Waals surface area contributed by atoms with Crippen molar-refractivity contribution in [1.82, 2.24) is 9.13 Å². The molecule has 2 aromatic heterocycles. The van der Waals surface area contributed by atoms with E-state index in [4.69, 9.17) is 19.7 Å². The van der Waals surface area contributed by atoms with Gasteiger partial charge in [-0.2, -0.15) is 0 Å². The Labute approximate surface area is 288 Å². The van der Waals surface area contributed by atoms with Crippen LogP contribution in [0.3, 0.4) is 0 Å². The largest absolute Gasteiger partial charge is 0.309 e. The molecule has 0 aliphatic carbocycles. The Hall–Kier alpha value is -7.39. The van der Waals surface area contributed by atoms with Crippen LogP contribution < -0.4 is 0 Å². The molecule has 0 unspecified atom stereocenters. The van der Waals surface area contributed by atoms with Crippen LogP contribution in [0.1, 0.15) is 0 Å². The fraction of sp³-hybridized carbons (Fsp3) is 0. The minimum absolute atomic E-state index is 0.549. The van der Waals surface area contributed by atoms with Crippen LogP contribution in [0.25, 0.3) is 91.8 Å². The molecule has 0 saturated heterocycles. The minimum Gasteiger partial charge on any atom is -0.309 e. The summed E-state index contributed by atoms with van der Waals surface area (Å²) in [4.78, 5) is 11.2. The molecule has 7 aromatic carbocycles. The molecule has 5 heteroatoms. The van der Waals surface area contributed by atoms with Gasteiger partial charge in [0, 0.05) is 22.0 Å². The zero-order valence-corrected chi connectivity index (χ0v) is 26.7. The molecule has 230 valence electrons. The van der Waals surface area contributed by atoms with Gasteiger partial charge in [0.25, 0.3) is 0 Å². The van der Waals surface area contributed by atoms with Crippen molar-refractivity contribution < 1.29 is 0 Å². The standard InChI is InChI=1S/C45H25N5/c1-46-30-19-22-34(29-11-10-12-33(25-29)49-41-16-7-4-13-35(41)36-14-5-8-17-42(36)49)38(26-30)37-15-6-9-18-43(37)50-44-23-20-31(47-2)27-39(44)40-28-32(48-3)21-24-45(40)50/h4-28H. The predicted molar refractivity (Wildman–Crippen MR) is 205 cm³/mol. The summed E-state index contributed by atoms with van der Waals surface area (Å²) in [5.74, 6) is 0. The molecule has 9 aromatic rings. The van der Waals surface area contributed by atoms with E-state index in [-0.39, 0.29) is 0 Å². The second kappa shape index (κ2) is 11.4. The lowest BCUT2D eigenvalue weighted by Gasteiger charge is -2.18. The van der Waals surface area contributed by atoms with E-state index in [1.165, 1.54) is 10.8 Å². The Morgan fingerprint density at radius 1 is 0.360 bits per heavy atom. The van der Waals surface area contributed by atoms with Crippen LogP contribution in [-0.2, 0) is 0 Å². The lowest BCUT2D eigenvalue weighted by molar-refractivity contribution is 1.18. The number of hydrogen-bond donors (Lipinski definition) is 0. The second-order valence-electron chi connectivity index (χ2n) is 12.2. The SMILES string of the molecule is [C-]#[N+]c1ccc(-c2cccc(-n3c4ccccc4c4ccccc43)c2)c(-c2ccccc2-n2c3ccc([N+]#[C-])cc3c3cc([N+]#[C-])ccc32)c1. The van der Waals surface area contributed by atoms with Crippen molar-refractivity contribution in [3.63, 3.8) is 0 Å². The molecule has 0 atom stereocenters. The predicted octanol–water partition coefficient (Wildman–Crippen LogP) is 12.9. The van der Waals surface area contributed by atoms with Crippen molar-refractivity contribution in [2.24, 2.45) is 0 Å². The Morgan fingerprint density at radius 3 is 1.54 bits per heavy atom. The molecule has 0 aliphatic rings. The van der Waals surface area contributed by atoms with Gasteiger partial charge >= 0.3 is 0 Å². The number of nitrogens with zero attached hydrogens (tertiary/aromatic N) is 5. The van der Waals surface area contributed by atoms with Crippen LogP contribution in [0.15, 0.2) is 152 Å². The number of aromatic nitrogens is 2. The van der Waals surface area contributed by atoms with Crippen LogP contribution in [0.4, 0.5) is 17.1 Å². The lowest BCUT2D eigenvalue weighted by atomic mass is 9.92. The van der Waals surface area contributed by atoms with Gasteiger partial charge in [-0.25, -0.2) is 14.5 Å². The van der Waals surface area contributed by atoms with E-state index in [2.05, 4.69) is 115 Å². The van der Waals surface area contributed by atoms with Crippen molar-refractivity contribution in [3.05, 3.63) is 186 Å². The number of fused-ring (bicyclic) bond motifs is 6. The number of hydrogen-bond acceptors (Lipinski definition) is 0. The highest BCUT2D eigenvalue weighted by atomic mass is 15.0. The Balaban J connectivity index is 1.29. The molecular formula is C45H25N5. The fourth-order valence-corrected chi connectivity index (χ4v) is 7.38. The van der Waals surface area contributed by atoms with Crippen LogP contribution >= 0.6 is 0 Å². The number of rotatable bonds is 4. The zero-order valence-electron chi connectivity index (χ0n) is 26.7. The molecular weight excluding hydrogens is 611 g/mol. The summed E-state index contributed by atoms with van der Waals surface area (Å²) >= 11 is 0. The van der Waals surface area contributed by atoms with E-state index in [1.807, 2.05) is 60.7 Å². The molecule has 0 radical (unpaired) electrons. The van der Waals surface area contributed by atoms with Crippen molar-refractivity contribution in [2.75, 3.05) is 0 Å². The highest BCUT2D eigenvalue weighted by Crippen LogP contribution is 2.43. The molecule has 2 heterocycles. The first-order chi connectivity index (χ1) is 24.7. The molecule has 0 saturated carbocycles. The Morgan fingerprint density at radius 2 is 0.900 bits per heavy atom. The molecule has 0 bridgehead atoms. The number of para-hydroxylation sites is 3. The monoisotopic (exact) mass is 635 g/mol. The average Bonchev–Trinajstić information content (AvgIpc) is 3.69. The normalized spacial score (nSPS) is 11.1. The average molecular weight is 636 g/mol. The summed E-state index contributed by atoms with van der Waals surface area (Å²) in [7, 11) is 0. The third kappa shape index (κ3) is 4.38. The van der Waals surface area contributed by atoms with Gasteiger partial charge in [-0.05, 0) is 88.1 Å². The van der Waals surface area contributed by atoms with Crippen molar-refractivity contribution in [2.45, 2.75) is 0 Å². The molecule has 0 amide bonds. The van der Waals surface area contributed by atoms with Gasteiger partial charge in [0.1, 0.15) is 0 Å². The lowest BCUT2D eigenvalue weighted by Crippen LogP contribution is -1.98. The summed E-state index contributed by atoms with van der Waals surface area (Å²) in [6.45, 7) is 23.2. The first kappa shape index (κ1) is 28.8. The summed E-state index contributed by atoms with van der Waals surface area (Å²) < 4.78 is 4.53. The molecule has 0 fully saturated rings. The molecule has 9 rings (SSSR count). The van der Waals surface area contributed by atoms with Gasteiger partial charge in [0.15, 0.2) is 17.1 Å². The molecule has 5 nitrogen and oxygen atoms in total. The quantitative estimate of drug-likeness (QED) is 0.172. The summed E-state index contributed by atoms with van der Waals surface area (Å²) in [6.07, 6.45) is 0. The Bertz CT molecular complexity index is 2850. The maximum absolute atomic E-state index is 7.91. The summed E-state index contributed by atoms with van der Waals surface area (Å²) in [6, 6.07) is 51.3.